The Labute approximate surface area is 229 Å². The molecule has 2 saturated heterocycles. The monoisotopic (exact) mass is 535 g/mol. The largest absolute Gasteiger partial charge is 0.367 e. The van der Waals surface area contributed by atoms with Gasteiger partial charge in [0.15, 0.2) is 0 Å². The molecule has 5 N–H and O–H groups in total. The lowest BCUT2D eigenvalue weighted by Gasteiger charge is -2.35. The second kappa shape index (κ2) is 12.5. The Morgan fingerprint density at radius 3 is 2.56 bits per heavy atom. The van der Waals surface area contributed by atoms with E-state index in [0.29, 0.717) is 35.6 Å². The summed E-state index contributed by atoms with van der Waals surface area (Å²) in [5.41, 5.74) is 3.41. The molecule has 2 aliphatic heterocycles. The minimum Gasteiger partial charge on any atom is -0.367 e. The Balaban J connectivity index is 1.54. The Hall–Kier alpha value is -3.53. The van der Waals surface area contributed by atoms with E-state index in [-0.39, 0.29) is 41.8 Å². The maximum Gasteiger partial charge on any atom is 0.253 e. The van der Waals surface area contributed by atoms with E-state index < -0.39 is 0 Å². The first-order valence-electron chi connectivity index (χ1n) is 14.0. The standard InChI is InChI=1S/C29H41N7O3/c1-17(2)33-26-23(14-30)22(27(37)32-16-24-18(3)12-19(4)34-28(24)38)13-25(35-26)20-7-10-36(11-8-20)29(39)21-6-5-9-31-15-21/h12-14,17,20-21,30-31H,5-11,15-16H2,1-4H3,(H,32,37)(H,33,35)(H,34,38). The molecule has 2 aromatic heterocycles. The molecule has 0 spiro atoms. The first-order valence-corrected chi connectivity index (χ1v) is 14.0. The van der Waals surface area contributed by atoms with Crippen LogP contribution in [0.5, 0.6) is 0 Å². The number of piperidine rings is 2. The molecule has 4 heterocycles. The molecule has 0 aliphatic carbocycles. The predicted molar refractivity (Wildman–Crippen MR) is 153 cm³/mol. The maximum absolute atomic E-state index is 13.4. The van der Waals surface area contributed by atoms with Gasteiger partial charge in [-0.15, -0.1) is 0 Å². The fraction of sp³-hybridized carbons (Fsp3) is 0.552. The van der Waals surface area contributed by atoms with Crippen LogP contribution in [-0.2, 0) is 11.3 Å². The SMILES string of the molecule is Cc1cc(C)c(CNC(=O)c2cc(C3CCN(C(=O)C4CCCNC4)CC3)nc(NC(C)C)c2C=N)c(=O)[nH]1. The molecule has 1 unspecified atom stereocenters. The number of amides is 2. The smallest absolute Gasteiger partial charge is 0.253 e. The van der Waals surface area contributed by atoms with Gasteiger partial charge >= 0.3 is 0 Å². The topological polar surface area (TPSA) is 143 Å². The molecule has 1 atom stereocenters. The predicted octanol–water partition coefficient (Wildman–Crippen LogP) is 2.84. The van der Waals surface area contributed by atoms with Crippen molar-refractivity contribution in [1.29, 1.82) is 5.41 Å². The number of rotatable bonds is 8. The molecule has 2 amide bonds. The van der Waals surface area contributed by atoms with Crippen LogP contribution in [0.3, 0.4) is 0 Å². The third kappa shape index (κ3) is 6.73. The second-order valence-electron chi connectivity index (χ2n) is 11.1. The van der Waals surface area contributed by atoms with Crippen molar-refractivity contribution in [1.82, 2.24) is 25.5 Å². The van der Waals surface area contributed by atoms with E-state index in [1.165, 1.54) is 0 Å². The Kier molecular flexibility index (Phi) is 9.16. The van der Waals surface area contributed by atoms with Crippen molar-refractivity contribution < 1.29 is 9.59 Å². The lowest BCUT2D eigenvalue weighted by molar-refractivity contribution is -0.137. The van der Waals surface area contributed by atoms with Crippen LogP contribution < -0.4 is 21.5 Å². The van der Waals surface area contributed by atoms with Gasteiger partial charge in [-0.25, -0.2) is 4.98 Å². The number of hydrogen-bond donors (Lipinski definition) is 5. The summed E-state index contributed by atoms with van der Waals surface area (Å²) in [6, 6.07) is 3.71. The summed E-state index contributed by atoms with van der Waals surface area (Å²) in [5.74, 6) is 0.525. The number of hydrogen-bond acceptors (Lipinski definition) is 7. The molecule has 2 fully saturated rings. The van der Waals surface area contributed by atoms with Gasteiger partial charge in [0, 0.05) is 66.9 Å². The number of pyridine rings is 2. The fourth-order valence-corrected chi connectivity index (χ4v) is 5.58. The van der Waals surface area contributed by atoms with Crippen LogP contribution in [0, 0.1) is 25.2 Å². The number of carbonyl (C=O) groups excluding carboxylic acids is 2. The number of carbonyl (C=O) groups is 2. The van der Waals surface area contributed by atoms with Gasteiger partial charge in [0.2, 0.25) is 5.91 Å². The van der Waals surface area contributed by atoms with E-state index in [1.54, 1.807) is 6.07 Å². The summed E-state index contributed by atoms with van der Waals surface area (Å²) >= 11 is 0. The summed E-state index contributed by atoms with van der Waals surface area (Å²) in [7, 11) is 0. The third-order valence-electron chi connectivity index (χ3n) is 7.68. The van der Waals surface area contributed by atoms with E-state index in [9.17, 15) is 14.4 Å². The van der Waals surface area contributed by atoms with Gasteiger partial charge in [-0.05, 0) is 77.6 Å². The molecule has 0 radical (unpaired) electrons. The molecule has 10 nitrogen and oxygen atoms in total. The number of likely N-dealkylation sites (tertiary alicyclic amines) is 1. The number of nitrogens with one attached hydrogen (secondary N) is 5. The van der Waals surface area contributed by atoms with E-state index in [0.717, 1.165) is 61.9 Å². The number of nitrogens with zero attached hydrogens (tertiary/aromatic N) is 2. The summed E-state index contributed by atoms with van der Waals surface area (Å²) < 4.78 is 0. The molecular weight excluding hydrogens is 494 g/mol. The Bertz CT molecular complexity index is 1270. The summed E-state index contributed by atoms with van der Waals surface area (Å²) in [4.78, 5) is 48.5. The van der Waals surface area contributed by atoms with Gasteiger partial charge in [0.1, 0.15) is 5.82 Å². The molecule has 2 aromatic rings. The van der Waals surface area contributed by atoms with Crippen molar-refractivity contribution in [2.75, 3.05) is 31.5 Å². The number of aromatic amines is 1. The highest BCUT2D eigenvalue weighted by molar-refractivity contribution is 6.04. The molecule has 10 heteroatoms. The molecule has 210 valence electrons. The molecule has 0 saturated carbocycles. The zero-order valence-corrected chi connectivity index (χ0v) is 23.4. The zero-order chi connectivity index (χ0) is 28.1. The minimum absolute atomic E-state index is 0.0553. The van der Waals surface area contributed by atoms with E-state index in [4.69, 9.17) is 10.4 Å². The van der Waals surface area contributed by atoms with Crippen LogP contribution in [0.15, 0.2) is 16.9 Å². The van der Waals surface area contributed by atoms with Crippen molar-refractivity contribution in [2.24, 2.45) is 5.92 Å². The Morgan fingerprint density at radius 2 is 1.95 bits per heavy atom. The highest BCUT2D eigenvalue weighted by atomic mass is 16.2. The van der Waals surface area contributed by atoms with Crippen LogP contribution in [0.25, 0.3) is 0 Å². The molecule has 0 aromatic carbocycles. The van der Waals surface area contributed by atoms with Gasteiger partial charge in [-0.1, -0.05) is 0 Å². The molecular formula is C29H41N7O3. The van der Waals surface area contributed by atoms with Crippen LogP contribution in [0.1, 0.15) is 83.9 Å². The van der Waals surface area contributed by atoms with Crippen LogP contribution >= 0.6 is 0 Å². The van der Waals surface area contributed by atoms with Crippen LogP contribution in [0.2, 0.25) is 0 Å². The number of aryl methyl sites for hydroxylation is 2. The van der Waals surface area contributed by atoms with Crippen molar-refractivity contribution in [3.05, 3.63) is 56.1 Å². The zero-order valence-electron chi connectivity index (χ0n) is 23.4. The number of anilines is 1. The van der Waals surface area contributed by atoms with Crippen molar-refractivity contribution in [3.8, 4) is 0 Å². The highest BCUT2D eigenvalue weighted by Gasteiger charge is 2.31. The van der Waals surface area contributed by atoms with Crippen molar-refractivity contribution in [3.63, 3.8) is 0 Å². The second-order valence-corrected chi connectivity index (χ2v) is 11.1. The van der Waals surface area contributed by atoms with Gasteiger partial charge in [0.25, 0.3) is 11.5 Å². The molecule has 2 aliphatic rings. The van der Waals surface area contributed by atoms with E-state index in [1.807, 2.05) is 38.7 Å². The summed E-state index contributed by atoms with van der Waals surface area (Å²) in [5, 5.41) is 17.6. The molecule has 4 rings (SSSR count). The lowest BCUT2D eigenvalue weighted by atomic mass is 9.90. The van der Waals surface area contributed by atoms with E-state index in [2.05, 4.69) is 20.9 Å². The third-order valence-corrected chi connectivity index (χ3v) is 7.68. The minimum atomic E-state index is -0.360. The first-order chi connectivity index (χ1) is 18.7. The fourth-order valence-electron chi connectivity index (χ4n) is 5.58. The van der Waals surface area contributed by atoms with Crippen LogP contribution in [0.4, 0.5) is 5.82 Å². The van der Waals surface area contributed by atoms with E-state index >= 15 is 0 Å². The number of aromatic nitrogens is 2. The lowest BCUT2D eigenvalue weighted by Crippen LogP contribution is -2.45. The quantitative estimate of drug-likeness (QED) is 0.329. The van der Waals surface area contributed by atoms with Crippen molar-refractivity contribution in [2.45, 2.75) is 71.9 Å². The first kappa shape index (κ1) is 28.5. The van der Waals surface area contributed by atoms with Gasteiger partial charge in [-0.3, -0.25) is 14.4 Å². The molecule has 39 heavy (non-hydrogen) atoms. The molecule has 0 bridgehead atoms. The van der Waals surface area contributed by atoms with Gasteiger partial charge < -0.3 is 31.2 Å². The Morgan fingerprint density at radius 1 is 1.21 bits per heavy atom. The average Bonchev–Trinajstić information content (AvgIpc) is 2.91. The summed E-state index contributed by atoms with van der Waals surface area (Å²) in [6.45, 7) is 10.8. The van der Waals surface area contributed by atoms with Gasteiger partial charge in [-0.2, -0.15) is 0 Å². The van der Waals surface area contributed by atoms with Crippen molar-refractivity contribution >= 4 is 23.8 Å². The summed E-state index contributed by atoms with van der Waals surface area (Å²) in [6.07, 6.45) is 4.66. The average molecular weight is 536 g/mol. The van der Waals surface area contributed by atoms with Crippen LogP contribution in [-0.4, -0.2) is 65.1 Å². The maximum atomic E-state index is 13.4. The number of H-pyrrole nitrogens is 1. The highest BCUT2D eigenvalue weighted by Crippen LogP contribution is 2.31. The van der Waals surface area contributed by atoms with Gasteiger partial charge in [0.05, 0.1) is 11.5 Å². The normalized spacial score (nSPS) is 18.2.